The first-order chi connectivity index (χ1) is 12.3. The Kier molecular flexibility index (Phi) is 4.90. The lowest BCUT2D eigenvalue weighted by atomic mass is 10.0. The van der Waals surface area contributed by atoms with Crippen molar-refractivity contribution in [3.8, 4) is 22.9 Å². The van der Waals surface area contributed by atoms with Gasteiger partial charge in [-0.25, -0.2) is 4.98 Å². The maximum Gasteiger partial charge on any atom is 0.162 e. The topological polar surface area (TPSA) is 59.8 Å². The highest BCUT2D eigenvalue weighted by Gasteiger charge is 2.21. The van der Waals surface area contributed by atoms with Crippen LogP contribution in [0.5, 0.6) is 11.5 Å². The molecule has 0 unspecified atom stereocenters. The molecule has 25 heavy (non-hydrogen) atoms. The number of fused-ring (bicyclic) bond motifs is 1. The van der Waals surface area contributed by atoms with Crippen LogP contribution in [0, 0.1) is 0 Å². The van der Waals surface area contributed by atoms with Crippen LogP contribution in [-0.2, 0) is 6.54 Å². The van der Waals surface area contributed by atoms with Crippen LogP contribution in [0.2, 0.25) is 0 Å². The van der Waals surface area contributed by atoms with Gasteiger partial charge in [-0.3, -0.25) is 4.90 Å². The Morgan fingerprint density at radius 1 is 1.12 bits per heavy atom. The summed E-state index contributed by atoms with van der Waals surface area (Å²) < 4.78 is 13.5. The van der Waals surface area contributed by atoms with Crippen molar-refractivity contribution in [2.75, 3.05) is 32.9 Å². The van der Waals surface area contributed by atoms with E-state index in [0.29, 0.717) is 19.3 Å². The lowest BCUT2D eigenvalue weighted by molar-refractivity contribution is 0.0873. The average Bonchev–Trinajstić information content (AvgIpc) is 3.14. The zero-order valence-corrected chi connectivity index (χ0v) is 14.4. The third-order valence-electron chi connectivity index (χ3n) is 5.10. The van der Waals surface area contributed by atoms with E-state index >= 15 is 0 Å². The number of aromatic nitrogens is 2. The number of aliphatic hydroxyl groups excluding tert-OH is 1. The molecule has 1 atom stereocenters. The molecule has 4 rings (SSSR count). The van der Waals surface area contributed by atoms with Gasteiger partial charge >= 0.3 is 0 Å². The fourth-order valence-corrected chi connectivity index (χ4v) is 3.73. The lowest BCUT2D eigenvalue weighted by Gasteiger charge is -2.34. The number of hydrogen-bond donors (Lipinski definition) is 1. The van der Waals surface area contributed by atoms with Gasteiger partial charge in [0.05, 0.1) is 6.61 Å². The van der Waals surface area contributed by atoms with Crippen LogP contribution in [0.1, 0.15) is 19.3 Å². The molecule has 0 saturated carbocycles. The van der Waals surface area contributed by atoms with Crippen LogP contribution < -0.4 is 9.47 Å². The zero-order chi connectivity index (χ0) is 17.1. The van der Waals surface area contributed by atoms with Gasteiger partial charge in [0.1, 0.15) is 19.0 Å². The molecular weight excluding hydrogens is 318 g/mol. The number of hydrogen-bond acceptors (Lipinski definition) is 5. The Hall–Kier alpha value is -2.05. The van der Waals surface area contributed by atoms with Gasteiger partial charge in [-0.15, -0.1) is 0 Å². The average molecular weight is 343 g/mol. The highest BCUT2D eigenvalue weighted by molar-refractivity contribution is 5.61. The third-order valence-corrected chi connectivity index (χ3v) is 5.10. The summed E-state index contributed by atoms with van der Waals surface area (Å²) >= 11 is 0. The van der Waals surface area contributed by atoms with Crippen molar-refractivity contribution in [2.45, 2.75) is 31.8 Å². The van der Waals surface area contributed by atoms with Crippen molar-refractivity contribution >= 4 is 0 Å². The largest absolute Gasteiger partial charge is 0.486 e. The number of piperidine rings is 1. The van der Waals surface area contributed by atoms with Gasteiger partial charge in [0.15, 0.2) is 11.5 Å². The normalized spacial score (nSPS) is 20.6. The second-order valence-electron chi connectivity index (χ2n) is 6.67. The molecule has 6 heteroatoms. The van der Waals surface area contributed by atoms with Crippen LogP contribution >= 0.6 is 0 Å². The van der Waals surface area contributed by atoms with Crippen molar-refractivity contribution in [1.29, 1.82) is 0 Å². The van der Waals surface area contributed by atoms with Crippen LogP contribution in [0.15, 0.2) is 30.6 Å². The molecule has 1 aromatic heterocycles. The minimum absolute atomic E-state index is 0.249. The van der Waals surface area contributed by atoms with Crippen molar-refractivity contribution in [2.24, 2.45) is 0 Å². The SMILES string of the molecule is OC[C@H]1CCCCN1CCn1ccnc1-c1ccc2c(c1)OCCO2. The maximum absolute atomic E-state index is 9.58. The number of benzene rings is 1. The van der Waals surface area contributed by atoms with E-state index in [1.165, 1.54) is 12.8 Å². The Balaban J connectivity index is 1.49. The van der Waals surface area contributed by atoms with Crippen LogP contribution in [0.25, 0.3) is 11.4 Å². The molecule has 1 aromatic carbocycles. The third kappa shape index (κ3) is 3.50. The summed E-state index contributed by atoms with van der Waals surface area (Å²) in [6, 6.07) is 6.29. The van der Waals surface area contributed by atoms with Gasteiger partial charge in [0, 0.05) is 37.1 Å². The first-order valence-corrected chi connectivity index (χ1v) is 9.11. The second-order valence-corrected chi connectivity index (χ2v) is 6.67. The number of rotatable bonds is 5. The summed E-state index contributed by atoms with van der Waals surface area (Å²) in [6.45, 7) is 4.29. The Morgan fingerprint density at radius 3 is 2.88 bits per heavy atom. The minimum Gasteiger partial charge on any atom is -0.486 e. The molecule has 6 nitrogen and oxygen atoms in total. The molecule has 1 fully saturated rings. The van der Waals surface area contributed by atoms with Crippen LogP contribution in [0.4, 0.5) is 0 Å². The van der Waals surface area contributed by atoms with Gasteiger partial charge < -0.3 is 19.1 Å². The monoisotopic (exact) mass is 343 g/mol. The second kappa shape index (κ2) is 7.45. The van der Waals surface area contributed by atoms with E-state index in [1.807, 2.05) is 30.6 Å². The molecule has 0 radical (unpaired) electrons. The highest BCUT2D eigenvalue weighted by atomic mass is 16.6. The standard InChI is InChI=1S/C19H25N3O3/c23-14-16-3-1-2-7-21(16)9-10-22-8-6-20-19(22)15-4-5-17-18(13-15)25-12-11-24-17/h4-6,8,13,16,23H,1-3,7,9-12,14H2/t16-/m1/s1. The molecule has 3 heterocycles. The van der Waals surface area contributed by atoms with Crippen molar-refractivity contribution in [3.05, 3.63) is 30.6 Å². The highest BCUT2D eigenvalue weighted by Crippen LogP contribution is 2.34. The molecule has 0 spiro atoms. The summed E-state index contributed by atoms with van der Waals surface area (Å²) in [4.78, 5) is 6.94. The molecule has 2 aliphatic heterocycles. The van der Waals surface area contributed by atoms with E-state index in [9.17, 15) is 5.11 Å². The summed E-state index contributed by atoms with van der Waals surface area (Å²) in [5, 5.41) is 9.58. The lowest BCUT2D eigenvalue weighted by Crippen LogP contribution is -2.43. The molecule has 2 aliphatic rings. The van der Waals surface area contributed by atoms with Crippen LogP contribution in [0.3, 0.4) is 0 Å². The predicted molar refractivity (Wildman–Crippen MR) is 95.0 cm³/mol. The molecule has 0 aliphatic carbocycles. The number of aliphatic hydroxyl groups is 1. The molecule has 0 amide bonds. The van der Waals surface area contributed by atoms with E-state index < -0.39 is 0 Å². The first kappa shape index (κ1) is 16.4. The molecule has 0 bridgehead atoms. The van der Waals surface area contributed by atoms with E-state index in [1.54, 1.807) is 0 Å². The molecular formula is C19H25N3O3. The number of likely N-dealkylation sites (tertiary alicyclic amines) is 1. The predicted octanol–water partition coefficient (Wildman–Crippen LogP) is 2.17. The van der Waals surface area contributed by atoms with E-state index in [4.69, 9.17) is 9.47 Å². The molecule has 2 aromatic rings. The van der Waals surface area contributed by atoms with E-state index in [2.05, 4.69) is 14.5 Å². The fourth-order valence-electron chi connectivity index (χ4n) is 3.73. The number of nitrogens with zero attached hydrogens (tertiary/aromatic N) is 3. The van der Waals surface area contributed by atoms with Gasteiger partial charge in [-0.1, -0.05) is 6.42 Å². The van der Waals surface area contributed by atoms with Crippen molar-refractivity contribution in [3.63, 3.8) is 0 Å². The quantitative estimate of drug-likeness (QED) is 0.902. The maximum atomic E-state index is 9.58. The van der Waals surface area contributed by atoms with Gasteiger partial charge in [-0.05, 0) is 37.6 Å². The smallest absolute Gasteiger partial charge is 0.162 e. The Morgan fingerprint density at radius 2 is 2.00 bits per heavy atom. The van der Waals surface area contributed by atoms with Gasteiger partial charge in [-0.2, -0.15) is 0 Å². The van der Waals surface area contributed by atoms with Crippen molar-refractivity contribution in [1.82, 2.24) is 14.5 Å². The molecule has 134 valence electrons. The summed E-state index contributed by atoms with van der Waals surface area (Å²) in [5.41, 5.74) is 1.03. The van der Waals surface area contributed by atoms with Crippen LogP contribution in [-0.4, -0.2) is 58.5 Å². The number of ether oxygens (including phenoxy) is 2. The summed E-state index contributed by atoms with van der Waals surface area (Å²) in [5.74, 6) is 2.52. The fraction of sp³-hybridized carbons (Fsp3) is 0.526. The minimum atomic E-state index is 0.249. The molecule has 1 saturated heterocycles. The van der Waals surface area contributed by atoms with Gasteiger partial charge in [0.25, 0.3) is 0 Å². The zero-order valence-electron chi connectivity index (χ0n) is 14.4. The molecule has 1 N–H and O–H groups in total. The Bertz CT molecular complexity index is 716. The Labute approximate surface area is 148 Å². The number of imidazole rings is 1. The summed E-state index contributed by atoms with van der Waals surface area (Å²) in [6.07, 6.45) is 7.38. The van der Waals surface area contributed by atoms with Crippen molar-refractivity contribution < 1.29 is 14.6 Å². The summed E-state index contributed by atoms with van der Waals surface area (Å²) in [7, 11) is 0. The van der Waals surface area contributed by atoms with E-state index in [-0.39, 0.29) is 6.61 Å². The van der Waals surface area contributed by atoms with E-state index in [0.717, 1.165) is 48.9 Å². The van der Waals surface area contributed by atoms with Gasteiger partial charge in [0.2, 0.25) is 0 Å². The first-order valence-electron chi connectivity index (χ1n) is 9.11.